The molecule has 0 saturated carbocycles. The number of benzene rings is 5. The minimum absolute atomic E-state index is 0.376. The van der Waals surface area contributed by atoms with E-state index in [9.17, 15) is 0 Å². The van der Waals surface area contributed by atoms with E-state index in [1.165, 1.54) is 77.3 Å². The zero-order valence-corrected chi connectivity index (χ0v) is 29.0. The van der Waals surface area contributed by atoms with Crippen LogP contribution in [0.2, 0.25) is 0 Å². The van der Waals surface area contributed by atoms with Crippen LogP contribution in [0, 0.1) is 20.8 Å². The van der Waals surface area contributed by atoms with Gasteiger partial charge in [0, 0.05) is 16.7 Å². The average molecular weight is 621 g/mol. The van der Waals surface area contributed by atoms with Crippen LogP contribution in [0.25, 0.3) is 60.0 Å². The second kappa shape index (κ2) is 11.7. The Hall–Kier alpha value is -4.54. The Labute approximate surface area is 276 Å². The largest absolute Gasteiger partial charge is 0.297 e. The summed E-state index contributed by atoms with van der Waals surface area (Å²) in [4.78, 5) is 5.50. The molecule has 0 bridgehead atoms. The quantitative estimate of drug-likeness (QED) is 0.170. The molecule has 0 aliphatic rings. The Balaban J connectivity index is 1.52. The highest BCUT2D eigenvalue weighted by Gasteiger charge is 2.33. The van der Waals surface area contributed by atoms with Crippen molar-refractivity contribution >= 4 is 32.6 Å². The van der Waals surface area contributed by atoms with E-state index >= 15 is 0 Å². The summed E-state index contributed by atoms with van der Waals surface area (Å²) in [6, 6.07) is 35.5. The summed E-state index contributed by atoms with van der Waals surface area (Å²) in [6.07, 6.45) is 0. The summed E-state index contributed by atoms with van der Waals surface area (Å²) >= 11 is 1.80. The van der Waals surface area contributed by atoms with E-state index < -0.39 is 0 Å². The first-order valence-electron chi connectivity index (χ1n) is 16.4. The minimum Gasteiger partial charge on any atom is -0.235 e. The lowest BCUT2D eigenvalue weighted by atomic mass is 9.92. The molecule has 5 aromatic carbocycles. The lowest BCUT2D eigenvalue weighted by molar-refractivity contribution is -0.633. The second-order valence-electron chi connectivity index (χ2n) is 13.3. The van der Waals surface area contributed by atoms with Crippen molar-refractivity contribution in [2.75, 3.05) is 0 Å². The monoisotopic (exact) mass is 620 g/mol. The van der Waals surface area contributed by atoms with Gasteiger partial charge in [-0.1, -0.05) is 107 Å². The highest BCUT2D eigenvalue weighted by Crippen LogP contribution is 2.43. The van der Waals surface area contributed by atoms with Crippen molar-refractivity contribution in [3.05, 3.63) is 125 Å². The van der Waals surface area contributed by atoms with E-state index in [-0.39, 0.29) is 0 Å². The highest BCUT2D eigenvalue weighted by molar-refractivity contribution is 7.21. The molecule has 0 aliphatic heterocycles. The van der Waals surface area contributed by atoms with Gasteiger partial charge < -0.3 is 0 Å². The first-order valence-corrected chi connectivity index (χ1v) is 17.2. The summed E-state index contributed by atoms with van der Waals surface area (Å²) in [5.41, 5.74) is 16.2. The molecule has 0 saturated heterocycles. The van der Waals surface area contributed by atoms with Gasteiger partial charge in [0.15, 0.2) is 11.0 Å². The molecule has 46 heavy (non-hydrogen) atoms. The molecule has 0 radical (unpaired) electrons. The molecule has 0 spiro atoms. The molecule has 230 valence electrons. The molecule has 2 aromatic heterocycles. The van der Waals surface area contributed by atoms with Gasteiger partial charge in [-0.25, -0.2) is 9.55 Å². The molecule has 0 unspecified atom stereocenters. The lowest BCUT2D eigenvalue weighted by Gasteiger charge is -2.18. The van der Waals surface area contributed by atoms with Crippen molar-refractivity contribution in [3.8, 4) is 38.8 Å². The normalized spacial score (nSPS) is 11.9. The summed E-state index contributed by atoms with van der Waals surface area (Å²) in [5, 5.41) is 1.08. The minimum atomic E-state index is 0.376. The Kier molecular flexibility index (Phi) is 7.65. The van der Waals surface area contributed by atoms with Crippen molar-refractivity contribution in [2.24, 2.45) is 7.05 Å². The van der Waals surface area contributed by atoms with Gasteiger partial charge in [0.25, 0.3) is 5.82 Å². The maximum Gasteiger partial charge on any atom is 0.297 e. The molecule has 3 nitrogen and oxygen atoms in total. The number of imidazole rings is 1. The molecule has 4 heteroatoms. The topological polar surface area (TPSA) is 21.7 Å². The van der Waals surface area contributed by atoms with E-state index in [0.29, 0.717) is 11.8 Å². The number of nitrogens with zero attached hydrogens (tertiary/aromatic N) is 3. The van der Waals surface area contributed by atoms with Crippen LogP contribution >= 0.6 is 11.3 Å². The number of aromatic nitrogens is 3. The van der Waals surface area contributed by atoms with Crippen LogP contribution in [0.4, 0.5) is 0 Å². The molecule has 0 atom stereocenters. The van der Waals surface area contributed by atoms with Gasteiger partial charge >= 0.3 is 0 Å². The molecule has 0 amide bonds. The van der Waals surface area contributed by atoms with Crippen molar-refractivity contribution < 1.29 is 4.57 Å². The zero-order chi connectivity index (χ0) is 32.3. The first-order chi connectivity index (χ1) is 22.2. The molecular formula is C42H42N3S+. The third kappa shape index (κ3) is 4.87. The predicted molar refractivity (Wildman–Crippen MR) is 196 cm³/mol. The lowest BCUT2D eigenvalue weighted by Crippen LogP contribution is -2.30. The summed E-state index contributed by atoms with van der Waals surface area (Å²) < 4.78 is 6.12. The number of thiazole rings is 1. The van der Waals surface area contributed by atoms with Crippen molar-refractivity contribution in [2.45, 2.75) is 60.3 Å². The summed E-state index contributed by atoms with van der Waals surface area (Å²) in [6.45, 7) is 15.9. The second-order valence-corrected chi connectivity index (χ2v) is 14.3. The Morgan fingerprint density at radius 2 is 1.28 bits per heavy atom. The molecule has 7 aromatic rings. The van der Waals surface area contributed by atoms with Crippen LogP contribution in [0.1, 0.15) is 67.3 Å². The molecular weight excluding hydrogens is 579 g/mol. The van der Waals surface area contributed by atoms with E-state index in [0.717, 1.165) is 10.5 Å². The van der Waals surface area contributed by atoms with Crippen LogP contribution in [-0.4, -0.2) is 9.55 Å². The SMILES string of the molecule is Cc1cc(-c2ccccc2)cc(C)c1-c1nc2c(-c3n(-c4c(C(C)C)cccc4C(C)C)c4ccccc4[n+]3C)c(C)ccc2s1. The number of rotatable bonds is 6. The fraction of sp³-hybridized carbons (Fsp3) is 0.238. The van der Waals surface area contributed by atoms with E-state index in [2.05, 4.69) is 162 Å². The Morgan fingerprint density at radius 3 is 1.93 bits per heavy atom. The molecule has 7 rings (SSSR count). The smallest absolute Gasteiger partial charge is 0.235 e. The zero-order valence-electron chi connectivity index (χ0n) is 28.1. The predicted octanol–water partition coefficient (Wildman–Crippen LogP) is 11.2. The van der Waals surface area contributed by atoms with E-state index in [1.807, 2.05) is 0 Å². The maximum atomic E-state index is 5.50. The maximum absolute atomic E-state index is 5.50. The van der Waals surface area contributed by atoms with Crippen molar-refractivity contribution in [3.63, 3.8) is 0 Å². The Bertz CT molecular complexity index is 2200. The average Bonchev–Trinajstić information content (AvgIpc) is 3.59. The van der Waals surface area contributed by atoms with Gasteiger partial charge in [0.2, 0.25) is 0 Å². The van der Waals surface area contributed by atoms with Gasteiger partial charge in [0.05, 0.1) is 22.8 Å². The van der Waals surface area contributed by atoms with Crippen molar-refractivity contribution in [1.29, 1.82) is 0 Å². The Morgan fingerprint density at radius 1 is 0.652 bits per heavy atom. The highest BCUT2D eigenvalue weighted by atomic mass is 32.1. The van der Waals surface area contributed by atoms with Gasteiger partial charge in [0.1, 0.15) is 10.7 Å². The molecule has 0 fully saturated rings. The number of hydrogen-bond donors (Lipinski definition) is 0. The fourth-order valence-electron chi connectivity index (χ4n) is 7.17. The van der Waals surface area contributed by atoms with Gasteiger partial charge in [-0.15, -0.1) is 11.3 Å². The third-order valence-corrected chi connectivity index (χ3v) is 10.5. The molecule has 2 heterocycles. The first kappa shape index (κ1) is 30.1. The number of hydrogen-bond acceptors (Lipinski definition) is 2. The van der Waals surface area contributed by atoms with Crippen molar-refractivity contribution in [1.82, 2.24) is 9.55 Å². The van der Waals surface area contributed by atoms with Gasteiger partial charge in [-0.2, -0.15) is 4.57 Å². The fourth-order valence-corrected chi connectivity index (χ4v) is 8.32. The number of aryl methyl sites for hydroxylation is 4. The summed E-state index contributed by atoms with van der Waals surface area (Å²) in [5.74, 6) is 1.92. The number of para-hydroxylation sites is 3. The van der Waals surface area contributed by atoms with Gasteiger partial charge in [-0.05, 0) is 78.6 Å². The van der Waals surface area contributed by atoms with E-state index in [4.69, 9.17) is 4.98 Å². The number of fused-ring (bicyclic) bond motifs is 2. The van der Waals surface area contributed by atoms with Crippen LogP contribution in [0.3, 0.4) is 0 Å². The van der Waals surface area contributed by atoms with Crippen LogP contribution in [0.5, 0.6) is 0 Å². The van der Waals surface area contributed by atoms with Crippen LogP contribution in [-0.2, 0) is 7.05 Å². The van der Waals surface area contributed by atoms with E-state index in [1.54, 1.807) is 11.3 Å². The van der Waals surface area contributed by atoms with Crippen LogP contribution < -0.4 is 4.57 Å². The molecule has 0 N–H and O–H groups in total. The van der Waals surface area contributed by atoms with Gasteiger partial charge in [-0.3, -0.25) is 0 Å². The third-order valence-electron chi connectivity index (χ3n) is 9.43. The van der Waals surface area contributed by atoms with Crippen LogP contribution in [0.15, 0.2) is 97.1 Å². The molecule has 0 aliphatic carbocycles. The standard InChI is InChI=1S/C42H42N3S/c1-25(2)32-17-14-18-33(26(3)4)40(32)45-35-20-13-12-19-34(35)44(8)42(45)38-27(5)21-22-36-39(38)43-41(46-36)37-28(6)23-31(24-29(37)7)30-15-10-9-11-16-30/h9-26H,1-8H3/q+1. The summed E-state index contributed by atoms with van der Waals surface area (Å²) in [7, 11) is 2.21.